The van der Waals surface area contributed by atoms with Gasteiger partial charge in [-0.15, -0.1) is 0 Å². The van der Waals surface area contributed by atoms with Crippen molar-refractivity contribution >= 4 is 10.0 Å². The Morgan fingerprint density at radius 1 is 1.12 bits per heavy atom. The molecule has 2 aliphatic carbocycles. The Kier molecular flexibility index (Phi) is 5.69. The fourth-order valence-corrected chi connectivity index (χ4v) is 7.72. The molecule has 5 rings (SSSR count). The molecule has 6 nitrogen and oxygen atoms in total. The minimum Gasteiger partial charge on any atom is -0.388 e. The summed E-state index contributed by atoms with van der Waals surface area (Å²) in [5.41, 5.74) is 3.83. The molecule has 0 spiro atoms. The molecule has 1 saturated heterocycles. The Labute approximate surface area is 196 Å². The summed E-state index contributed by atoms with van der Waals surface area (Å²) in [4.78, 5) is 2.43. The van der Waals surface area contributed by atoms with Gasteiger partial charge in [0.2, 0.25) is 10.0 Å². The van der Waals surface area contributed by atoms with Gasteiger partial charge in [-0.2, -0.15) is 0 Å². The standard InChI is InChI=1S/C26H34N2O4S/c1-3-26(21-10-6-9-18(11-21)24(16-32-2)33(27,30)31)22-14-28(15-23(22)26)17-25(29)12-19-7-4-5-8-20(19)13-25/h4-11,22-24,29H,3,12-17H2,1-2H3,(H2,27,30,31). The SMILES string of the molecule is CCC1(c2cccc(C(COC)S(N)(=O)=O)c2)C2CN(CC3(O)Cc4ccccc4C3)CC21. The number of hydrogen-bond acceptors (Lipinski definition) is 5. The fraction of sp³-hybridized carbons (Fsp3) is 0.538. The largest absolute Gasteiger partial charge is 0.388 e. The van der Waals surface area contributed by atoms with Crippen LogP contribution >= 0.6 is 0 Å². The number of aliphatic hydroxyl groups is 1. The summed E-state index contributed by atoms with van der Waals surface area (Å²) in [5, 5.41) is 15.9. The molecule has 2 aromatic carbocycles. The van der Waals surface area contributed by atoms with Gasteiger partial charge in [0.05, 0.1) is 12.2 Å². The van der Waals surface area contributed by atoms with Crippen LogP contribution in [0.2, 0.25) is 0 Å². The summed E-state index contributed by atoms with van der Waals surface area (Å²) in [7, 11) is -2.27. The number of benzene rings is 2. The number of nitrogens with zero attached hydrogens (tertiary/aromatic N) is 1. The third kappa shape index (κ3) is 3.94. The van der Waals surface area contributed by atoms with Crippen LogP contribution in [-0.2, 0) is 33.0 Å². The van der Waals surface area contributed by atoms with Crippen LogP contribution in [0.1, 0.15) is 40.8 Å². The lowest BCUT2D eigenvalue weighted by molar-refractivity contribution is 0.0139. The molecular weight excluding hydrogens is 436 g/mol. The number of rotatable bonds is 8. The molecule has 33 heavy (non-hydrogen) atoms. The Balaban J connectivity index is 1.30. The van der Waals surface area contributed by atoms with Gasteiger partial charge in [-0.1, -0.05) is 55.5 Å². The average Bonchev–Trinajstić information content (AvgIpc) is 3.03. The monoisotopic (exact) mass is 470 g/mol. The van der Waals surface area contributed by atoms with Crippen LogP contribution in [0.3, 0.4) is 0 Å². The molecule has 0 radical (unpaired) electrons. The van der Waals surface area contributed by atoms with Gasteiger partial charge in [0.15, 0.2) is 0 Å². The molecule has 0 amide bonds. The zero-order valence-electron chi connectivity index (χ0n) is 19.4. The zero-order chi connectivity index (χ0) is 23.4. The van der Waals surface area contributed by atoms with Crippen LogP contribution in [0.15, 0.2) is 48.5 Å². The molecule has 7 heteroatoms. The number of β-amino-alcohol motifs (C(OH)–C–C–N with tert-alkyl or cyclic N) is 1. The van der Waals surface area contributed by atoms with Gasteiger partial charge < -0.3 is 9.84 Å². The van der Waals surface area contributed by atoms with E-state index in [1.54, 1.807) is 0 Å². The van der Waals surface area contributed by atoms with Crippen molar-refractivity contribution in [2.75, 3.05) is 33.4 Å². The summed E-state index contributed by atoms with van der Waals surface area (Å²) in [6, 6.07) is 16.3. The Bertz CT molecular complexity index is 1110. The molecular formula is C26H34N2O4S. The summed E-state index contributed by atoms with van der Waals surface area (Å²) in [6.45, 7) is 4.91. The lowest BCUT2D eigenvalue weighted by Crippen LogP contribution is -2.45. The second kappa shape index (κ2) is 8.17. The number of methoxy groups -OCH3 is 1. The lowest BCUT2D eigenvalue weighted by atomic mass is 9.86. The van der Waals surface area contributed by atoms with E-state index in [4.69, 9.17) is 9.88 Å². The van der Waals surface area contributed by atoms with Crippen molar-refractivity contribution in [3.05, 3.63) is 70.8 Å². The molecule has 1 heterocycles. The quantitative estimate of drug-likeness (QED) is 0.618. The number of nitrogens with two attached hydrogens (primary N) is 1. The first-order valence-electron chi connectivity index (χ1n) is 11.8. The normalized spacial score (nSPS) is 29.0. The molecule has 1 saturated carbocycles. The molecule has 2 fully saturated rings. The third-order valence-electron chi connectivity index (χ3n) is 8.38. The zero-order valence-corrected chi connectivity index (χ0v) is 20.2. The van der Waals surface area contributed by atoms with E-state index in [9.17, 15) is 13.5 Å². The van der Waals surface area contributed by atoms with Gasteiger partial charge in [0, 0.05) is 45.0 Å². The van der Waals surface area contributed by atoms with E-state index in [0.717, 1.165) is 32.4 Å². The molecule has 178 valence electrons. The number of piperidine rings is 1. The summed E-state index contributed by atoms with van der Waals surface area (Å²) >= 11 is 0. The molecule has 0 bridgehead atoms. The van der Waals surface area contributed by atoms with Crippen molar-refractivity contribution in [3.63, 3.8) is 0 Å². The Hall–Kier alpha value is -1.77. The van der Waals surface area contributed by atoms with Crippen LogP contribution in [-0.4, -0.2) is 57.4 Å². The van der Waals surface area contributed by atoms with Crippen LogP contribution in [0.4, 0.5) is 0 Å². The summed E-state index contributed by atoms with van der Waals surface area (Å²) in [6.07, 6.45) is 2.47. The lowest BCUT2D eigenvalue weighted by Gasteiger charge is -2.32. The highest BCUT2D eigenvalue weighted by Crippen LogP contribution is 2.65. The molecule has 1 aliphatic heterocycles. The predicted molar refractivity (Wildman–Crippen MR) is 128 cm³/mol. The van der Waals surface area contributed by atoms with Gasteiger partial charge in [-0.05, 0) is 40.5 Å². The van der Waals surface area contributed by atoms with E-state index >= 15 is 0 Å². The maximum absolute atomic E-state index is 12.2. The predicted octanol–water partition coefficient (Wildman–Crippen LogP) is 2.40. The smallest absolute Gasteiger partial charge is 0.218 e. The van der Waals surface area contributed by atoms with Crippen LogP contribution in [0.25, 0.3) is 0 Å². The van der Waals surface area contributed by atoms with E-state index in [0.29, 0.717) is 23.9 Å². The van der Waals surface area contributed by atoms with Crippen LogP contribution < -0.4 is 5.14 Å². The van der Waals surface area contributed by atoms with E-state index in [-0.39, 0.29) is 12.0 Å². The van der Waals surface area contributed by atoms with Gasteiger partial charge in [0.25, 0.3) is 0 Å². The molecule has 0 aromatic heterocycles. The van der Waals surface area contributed by atoms with Crippen molar-refractivity contribution in [1.29, 1.82) is 0 Å². The Morgan fingerprint density at radius 2 is 1.76 bits per heavy atom. The number of ether oxygens (including phenoxy) is 1. The molecule has 2 aromatic rings. The topological polar surface area (TPSA) is 92.9 Å². The second-order valence-corrected chi connectivity index (χ2v) is 12.1. The van der Waals surface area contributed by atoms with Crippen molar-refractivity contribution in [2.24, 2.45) is 17.0 Å². The average molecular weight is 471 g/mol. The number of hydrogen-bond donors (Lipinski definition) is 2. The first kappa shape index (κ1) is 23.0. The van der Waals surface area contributed by atoms with E-state index in [2.05, 4.69) is 30.0 Å². The summed E-state index contributed by atoms with van der Waals surface area (Å²) < 4.78 is 29.4. The molecule has 3 atom stereocenters. The molecule has 3 unspecified atom stereocenters. The minimum atomic E-state index is -3.76. The first-order valence-corrected chi connectivity index (χ1v) is 13.4. The fourth-order valence-electron chi connectivity index (χ4n) is 6.86. The second-order valence-electron chi connectivity index (χ2n) is 10.3. The number of primary sulfonamides is 1. The summed E-state index contributed by atoms with van der Waals surface area (Å²) in [5.74, 6) is 1.06. The maximum atomic E-state index is 12.2. The van der Waals surface area contributed by atoms with Crippen molar-refractivity contribution < 1.29 is 18.3 Å². The highest BCUT2D eigenvalue weighted by Gasteiger charge is 2.67. The van der Waals surface area contributed by atoms with E-state index in [1.807, 2.05) is 30.3 Å². The van der Waals surface area contributed by atoms with E-state index < -0.39 is 20.9 Å². The van der Waals surface area contributed by atoms with Crippen LogP contribution in [0.5, 0.6) is 0 Å². The highest BCUT2D eigenvalue weighted by atomic mass is 32.2. The van der Waals surface area contributed by atoms with Crippen LogP contribution in [0, 0.1) is 11.8 Å². The third-order valence-corrected chi connectivity index (χ3v) is 9.58. The minimum absolute atomic E-state index is 0.0447. The van der Waals surface area contributed by atoms with Gasteiger partial charge >= 0.3 is 0 Å². The first-order chi connectivity index (χ1) is 15.7. The van der Waals surface area contributed by atoms with Gasteiger partial charge in [-0.25, -0.2) is 13.6 Å². The van der Waals surface area contributed by atoms with Gasteiger partial charge in [-0.3, -0.25) is 4.90 Å². The Morgan fingerprint density at radius 3 is 2.30 bits per heavy atom. The van der Waals surface area contributed by atoms with Crippen molar-refractivity contribution in [3.8, 4) is 0 Å². The number of sulfonamides is 1. The highest BCUT2D eigenvalue weighted by molar-refractivity contribution is 7.89. The maximum Gasteiger partial charge on any atom is 0.218 e. The van der Waals surface area contributed by atoms with Gasteiger partial charge in [0.1, 0.15) is 5.25 Å². The van der Waals surface area contributed by atoms with Crippen molar-refractivity contribution in [1.82, 2.24) is 4.90 Å². The molecule has 3 N–H and O–H groups in total. The number of likely N-dealkylation sites (tertiary alicyclic amines) is 1. The number of fused-ring (bicyclic) bond motifs is 2. The molecule has 3 aliphatic rings. The van der Waals surface area contributed by atoms with E-state index in [1.165, 1.54) is 23.8 Å². The van der Waals surface area contributed by atoms with Crippen molar-refractivity contribution in [2.45, 2.75) is 42.5 Å².